The highest BCUT2D eigenvalue weighted by Gasteiger charge is 2.24. The molecule has 0 aromatic heterocycles. The third-order valence-corrected chi connectivity index (χ3v) is 4.15. The smallest absolute Gasteiger partial charge is 0.253 e. The molecule has 0 aliphatic carbocycles. The van der Waals surface area contributed by atoms with Gasteiger partial charge in [-0.3, -0.25) is 4.79 Å². The Balaban J connectivity index is 2.31. The molecular formula is C12H15N3O4S. The maximum absolute atomic E-state index is 11.9. The van der Waals surface area contributed by atoms with E-state index in [2.05, 4.69) is 9.82 Å². The molecule has 108 valence electrons. The monoisotopic (exact) mass is 297 g/mol. The molecule has 0 unspecified atom stereocenters. The van der Waals surface area contributed by atoms with Gasteiger partial charge in [0.2, 0.25) is 10.0 Å². The average Bonchev–Trinajstić information content (AvgIpc) is 2.76. The van der Waals surface area contributed by atoms with Gasteiger partial charge in [-0.15, -0.1) is 0 Å². The first kappa shape index (κ1) is 14.6. The van der Waals surface area contributed by atoms with Gasteiger partial charge in [0.05, 0.1) is 23.6 Å². The minimum atomic E-state index is -3.70. The molecular weight excluding hydrogens is 282 g/mol. The first-order valence-electron chi connectivity index (χ1n) is 6.01. The maximum atomic E-state index is 11.9. The lowest BCUT2D eigenvalue weighted by Crippen LogP contribution is -2.27. The molecule has 0 atom stereocenters. The van der Waals surface area contributed by atoms with Crippen molar-refractivity contribution in [3.63, 3.8) is 0 Å². The Bertz CT molecular complexity index is 654. The van der Waals surface area contributed by atoms with E-state index in [1.807, 2.05) is 0 Å². The topological polar surface area (TPSA) is 99.1 Å². The van der Waals surface area contributed by atoms with Crippen molar-refractivity contribution in [2.75, 3.05) is 18.2 Å². The Kier molecular flexibility index (Phi) is 4.17. The van der Waals surface area contributed by atoms with Crippen LogP contribution in [0, 0.1) is 0 Å². The summed E-state index contributed by atoms with van der Waals surface area (Å²) in [5, 5.41) is 13.9. The summed E-state index contributed by atoms with van der Waals surface area (Å²) in [5.41, 5.74) is 1.08. The first-order chi connectivity index (χ1) is 9.44. The highest BCUT2D eigenvalue weighted by molar-refractivity contribution is 7.89. The predicted molar refractivity (Wildman–Crippen MR) is 73.9 cm³/mol. The molecule has 0 saturated carbocycles. The standard InChI is InChI=1S/C12H15N3O4S/c1-9-7-12(17)15(14-9)10-3-2-4-11(8-10)20(18,19)13-5-6-16/h2-4,8,13,16H,5-7H2,1H3. The number of aliphatic hydroxyl groups is 1. The van der Waals surface area contributed by atoms with Gasteiger partial charge in [-0.25, -0.2) is 18.1 Å². The lowest BCUT2D eigenvalue weighted by atomic mass is 10.3. The van der Waals surface area contributed by atoms with Gasteiger partial charge < -0.3 is 5.11 Å². The Morgan fingerprint density at radius 2 is 2.20 bits per heavy atom. The van der Waals surface area contributed by atoms with E-state index in [-0.39, 0.29) is 30.4 Å². The second-order valence-corrected chi connectivity index (χ2v) is 6.10. The van der Waals surface area contributed by atoms with E-state index in [9.17, 15) is 13.2 Å². The van der Waals surface area contributed by atoms with Gasteiger partial charge >= 0.3 is 0 Å². The Hall–Kier alpha value is -1.77. The van der Waals surface area contributed by atoms with Gasteiger partial charge in [-0.2, -0.15) is 5.10 Å². The quantitative estimate of drug-likeness (QED) is 0.803. The summed E-state index contributed by atoms with van der Waals surface area (Å²) in [7, 11) is -3.70. The highest BCUT2D eigenvalue weighted by Crippen LogP contribution is 2.23. The molecule has 7 nitrogen and oxygen atoms in total. The zero-order valence-corrected chi connectivity index (χ0v) is 11.7. The van der Waals surface area contributed by atoms with Crippen molar-refractivity contribution < 1.29 is 18.3 Å². The third kappa shape index (κ3) is 3.03. The van der Waals surface area contributed by atoms with Crippen LogP contribution in [0.15, 0.2) is 34.3 Å². The average molecular weight is 297 g/mol. The van der Waals surface area contributed by atoms with Crippen LogP contribution < -0.4 is 9.73 Å². The molecule has 0 fully saturated rings. The lowest BCUT2D eigenvalue weighted by Gasteiger charge is -2.13. The Morgan fingerprint density at radius 1 is 1.45 bits per heavy atom. The molecule has 1 aromatic rings. The number of anilines is 1. The fraction of sp³-hybridized carbons (Fsp3) is 0.333. The van der Waals surface area contributed by atoms with Crippen molar-refractivity contribution in [1.29, 1.82) is 0 Å². The van der Waals surface area contributed by atoms with E-state index in [0.717, 1.165) is 0 Å². The molecule has 2 N–H and O–H groups in total. The minimum absolute atomic E-state index is 0.0241. The summed E-state index contributed by atoms with van der Waals surface area (Å²) in [6.07, 6.45) is 0.236. The number of hydrogen-bond donors (Lipinski definition) is 2. The van der Waals surface area contributed by atoms with Crippen molar-refractivity contribution in [2.45, 2.75) is 18.2 Å². The highest BCUT2D eigenvalue weighted by atomic mass is 32.2. The molecule has 0 radical (unpaired) electrons. The number of carbonyl (C=O) groups excluding carboxylic acids is 1. The van der Waals surface area contributed by atoms with Crippen LogP contribution in [0.4, 0.5) is 5.69 Å². The molecule has 1 heterocycles. The van der Waals surface area contributed by atoms with Gasteiger partial charge in [0.1, 0.15) is 0 Å². The van der Waals surface area contributed by atoms with Crippen LogP contribution >= 0.6 is 0 Å². The number of nitrogens with one attached hydrogen (secondary N) is 1. The van der Waals surface area contributed by atoms with E-state index >= 15 is 0 Å². The predicted octanol–water partition coefficient (Wildman–Crippen LogP) is 0.0698. The Labute approximate surface area is 117 Å². The summed E-state index contributed by atoms with van der Waals surface area (Å²) in [5.74, 6) is -0.194. The molecule has 0 spiro atoms. The number of nitrogens with zero attached hydrogens (tertiary/aromatic N) is 2. The molecule has 0 saturated heterocycles. The maximum Gasteiger partial charge on any atom is 0.253 e. The summed E-state index contributed by atoms with van der Waals surface area (Å²) in [6.45, 7) is 1.39. The molecule has 20 heavy (non-hydrogen) atoms. The van der Waals surface area contributed by atoms with E-state index in [0.29, 0.717) is 11.4 Å². The van der Waals surface area contributed by atoms with E-state index in [4.69, 9.17) is 5.11 Å². The SMILES string of the molecule is CC1=NN(c2cccc(S(=O)(=O)NCCO)c2)C(=O)C1. The van der Waals surface area contributed by atoms with Gasteiger partial charge in [-0.05, 0) is 25.1 Å². The number of sulfonamides is 1. The van der Waals surface area contributed by atoms with Crippen molar-refractivity contribution in [3.05, 3.63) is 24.3 Å². The van der Waals surface area contributed by atoms with Gasteiger partial charge in [0, 0.05) is 12.3 Å². The summed E-state index contributed by atoms with van der Waals surface area (Å²) in [6, 6.07) is 5.95. The van der Waals surface area contributed by atoms with Gasteiger partial charge in [-0.1, -0.05) is 6.07 Å². The largest absolute Gasteiger partial charge is 0.395 e. The number of hydrogen-bond acceptors (Lipinski definition) is 5. The van der Waals surface area contributed by atoms with Crippen LogP contribution in [-0.4, -0.2) is 38.3 Å². The second-order valence-electron chi connectivity index (χ2n) is 4.34. The number of carbonyl (C=O) groups is 1. The number of rotatable bonds is 5. The summed E-state index contributed by atoms with van der Waals surface area (Å²) < 4.78 is 26.1. The molecule has 1 aromatic carbocycles. The zero-order valence-electron chi connectivity index (χ0n) is 10.9. The van der Waals surface area contributed by atoms with Crippen LogP contribution in [0.2, 0.25) is 0 Å². The molecule has 8 heteroatoms. The normalized spacial score (nSPS) is 15.6. The summed E-state index contributed by atoms with van der Waals surface area (Å²) in [4.78, 5) is 11.8. The van der Waals surface area contributed by atoms with E-state index in [1.54, 1.807) is 19.1 Å². The van der Waals surface area contributed by atoms with Crippen molar-refractivity contribution in [2.24, 2.45) is 5.10 Å². The molecule has 1 amide bonds. The van der Waals surface area contributed by atoms with Crippen molar-refractivity contribution >= 4 is 27.3 Å². The fourth-order valence-corrected chi connectivity index (χ4v) is 2.86. The number of amides is 1. The molecule has 0 bridgehead atoms. The molecule has 1 aliphatic rings. The lowest BCUT2D eigenvalue weighted by molar-refractivity contribution is -0.116. The molecule has 2 rings (SSSR count). The first-order valence-corrected chi connectivity index (χ1v) is 7.50. The third-order valence-electron chi connectivity index (χ3n) is 2.69. The molecule has 1 aliphatic heterocycles. The number of benzene rings is 1. The Morgan fingerprint density at radius 3 is 2.80 bits per heavy atom. The number of hydrazone groups is 1. The fourth-order valence-electron chi connectivity index (χ4n) is 1.80. The summed E-state index contributed by atoms with van der Waals surface area (Å²) >= 11 is 0. The number of aliphatic hydroxyl groups excluding tert-OH is 1. The van der Waals surface area contributed by atoms with Gasteiger partial charge in [0.25, 0.3) is 5.91 Å². The van der Waals surface area contributed by atoms with Crippen LogP contribution in [-0.2, 0) is 14.8 Å². The van der Waals surface area contributed by atoms with Crippen LogP contribution in [0.5, 0.6) is 0 Å². The van der Waals surface area contributed by atoms with Crippen LogP contribution in [0.1, 0.15) is 13.3 Å². The van der Waals surface area contributed by atoms with Crippen LogP contribution in [0.25, 0.3) is 0 Å². The van der Waals surface area contributed by atoms with Crippen molar-refractivity contribution in [1.82, 2.24) is 4.72 Å². The second kappa shape index (κ2) is 5.70. The van der Waals surface area contributed by atoms with Crippen LogP contribution in [0.3, 0.4) is 0 Å². The zero-order chi connectivity index (χ0) is 14.8. The van der Waals surface area contributed by atoms with Gasteiger partial charge in [0.15, 0.2) is 0 Å². The van der Waals surface area contributed by atoms with Crippen molar-refractivity contribution in [3.8, 4) is 0 Å². The van der Waals surface area contributed by atoms with E-state index in [1.165, 1.54) is 17.1 Å². The van der Waals surface area contributed by atoms with E-state index < -0.39 is 10.0 Å². The minimum Gasteiger partial charge on any atom is -0.395 e.